The van der Waals surface area contributed by atoms with Crippen molar-refractivity contribution < 1.29 is 38.4 Å². The van der Waals surface area contributed by atoms with Crippen LogP contribution in [0, 0.1) is 0 Å². The predicted octanol–water partition coefficient (Wildman–Crippen LogP) is 3.51. The van der Waals surface area contributed by atoms with E-state index in [-0.39, 0.29) is 17.1 Å². The number of allylic oxidation sites excluding steroid dienone is 1. The van der Waals surface area contributed by atoms with E-state index >= 15 is 0 Å². The average molecular weight is 432 g/mol. The Bertz CT molecular complexity index is 974. The van der Waals surface area contributed by atoms with E-state index in [1.807, 2.05) is 0 Å². The van der Waals surface area contributed by atoms with E-state index in [1.54, 1.807) is 24.3 Å². The van der Waals surface area contributed by atoms with Crippen LogP contribution in [0.25, 0.3) is 6.08 Å². The van der Waals surface area contributed by atoms with Gasteiger partial charge in [0.1, 0.15) is 34.7 Å². The van der Waals surface area contributed by atoms with Crippen LogP contribution >= 0.6 is 11.8 Å². The van der Waals surface area contributed by atoms with E-state index in [9.17, 15) is 9.59 Å². The molecule has 0 aliphatic carbocycles. The second kappa shape index (κ2) is 9.45. The normalized spacial score (nSPS) is 12.2. The summed E-state index contributed by atoms with van der Waals surface area (Å²) >= 11 is 1.44. The van der Waals surface area contributed by atoms with Crippen LogP contribution in [0.4, 0.5) is 0 Å². The molecule has 0 spiro atoms. The SMILES string of the molecule is COc1cc(OC)c(C=CC(=O)c2cc3c(cc2OCC(=O)O)OCS3)c(OC)c1. The molecule has 2 aromatic rings. The number of carboxylic acids is 1. The van der Waals surface area contributed by atoms with E-state index in [0.29, 0.717) is 34.5 Å². The Morgan fingerprint density at radius 3 is 2.37 bits per heavy atom. The molecule has 30 heavy (non-hydrogen) atoms. The summed E-state index contributed by atoms with van der Waals surface area (Å²) in [6.45, 7) is -0.573. The molecule has 9 heteroatoms. The Kier molecular flexibility index (Phi) is 6.73. The van der Waals surface area contributed by atoms with E-state index in [1.165, 1.54) is 45.2 Å². The van der Waals surface area contributed by atoms with E-state index in [2.05, 4.69) is 0 Å². The molecule has 0 fully saturated rings. The number of rotatable bonds is 9. The quantitative estimate of drug-likeness (QED) is 0.471. The first-order valence-corrected chi connectivity index (χ1v) is 9.76. The summed E-state index contributed by atoms with van der Waals surface area (Å²) in [5.74, 6) is 1.08. The molecule has 1 aliphatic heterocycles. The van der Waals surface area contributed by atoms with Gasteiger partial charge < -0.3 is 28.8 Å². The van der Waals surface area contributed by atoms with Crippen molar-refractivity contribution in [1.82, 2.24) is 0 Å². The van der Waals surface area contributed by atoms with Crippen LogP contribution in [0.2, 0.25) is 0 Å². The molecule has 0 atom stereocenters. The zero-order chi connectivity index (χ0) is 21.7. The molecular formula is C21H20O8S. The molecular weight excluding hydrogens is 412 g/mol. The molecule has 2 aromatic carbocycles. The number of ketones is 1. The summed E-state index contributed by atoms with van der Waals surface area (Å²) in [7, 11) is 4.54. The number of hydrogen-bond donors (Lipinski definition) is 1. The second-order valence-electron chi connectivity index (χ2n) is 6.03. The minimum Gasteiger partial charge on any atom is -0.496 e. The van der Waals surface area contributed by atoms with Crippen molar-refractivity contribution in [2.45, 2.75) is 4.90 Å². The number of fused-ring (bicyclic) bond motifs is 1. The van der Waals surface area contributed by atoms with Gasteiger partial charge in [0, 0.05) is 18.2 Å². The molecule has 0 saturated carbocycles. The van der Waals surface area contributed by atoms with Crippen molar-refractivity contribution >= 4 is 29.6 Å². The fourth-order valence-corrected chi connectivity index (χ4v) is 3.59. The third-order valence-corrected chi connectivity index (χ3v) is 5.11. The van der Waals surface area contributed by atoms with Gasteiger partial charge in [-0.1, -0.05) is 11.8 Å². The summed E-state index contributed by atoms with van der Waals surface area (Å²) in [5.41, 5.74) is 0.789. The molecule has 1 N–H and O–H groups in total. The van der Waals surface area contributed by atoms with Gasteiger partial charge in [-0.15, -0.1) is 0 Å². The molecule has 1 aliphatic rings. The minimum absolute atomic E-state index is 0.141. The van der Waals surface area contributed by atoms with Crippen molar-refractivity contribution in [2.75, 3.05) is 33.9 Å². The van der Waals surface area contributed by atoms with Crippen molar-refractivity contribution in [2.24, 2.45) is 0 Å². The average Bonchev–Trinajstić information content (AvgIpc) is 3.21. The molecule has 0 saturated heterocycles. The van der Waals surface area contributed by atoms with Gasteiger partial charge >= 0.3 is 5.97 Å². The molecule has 0 radical (unpaired) electrons. The smallest absolute Gasteiger partial charge is 0.341 e. The van der Waals surface area contributed by atoms with Gasteiger partial charge in [-0.3, -0.25) is 4.79 Å². The number of thioether (sulfide) groups is 1. The number of aliphatic carboxylic acids is 1. The third kappa shape index (κ3) is 4.62. The second-order valence-corrected chi connectivity index (χ2v) is 6.99. The largest absolute Gasteiger partial charge is 0.496 e. The summed E-state index contributed by atoms with van der Waals surface area (Å²) in [4.78, 5) is 24.6. The van der Waals surface area contributed by atoms with Crippen molar-refractivity contribution in [3.05, 3.63) is 41.5 Å². The first-order valence-electron chi connectivity index (χ1n) is 8.77. The number of carbonyl (C=O) groups is 2. The monoisotopic (exact) mass is 432 g/mol. The van der Waals surface area contributed by atoms with Crippen LogP contribution < -0.4 is 23.7 Å². The molecule has 0 amide bonds. The maximum Gasteiger partial charge on any atom is 0.341 e. The number of benzene rings is 2. The minimum atomic E-state index is -1.15. The van der Waals surface area contributed by atoms with Gasteiger partial charge in [-0.05, 0) is 18.2 Å². The van der Waals surface area contributed by atoms with Crippen LogP contribution in [0.5, 0.6) is 28.7 Å². The highest BCUT2D eigenvalue weighted by atomic mass is 32.2. The van der Waals surface area contributed by atoms with Crippen LogP contribution in [-0.2, 0) is 4.79 Å². The molecule has 8 nitrogen and oxygen atoms in total. The number of carbonyl (C=O) groups excluding carboxylic acids is 1. The van der Waals surface area contributed by atoms with Crippen LogP contribution in [-0.4, -0.2) is 50.7 Å². The number of carboxylic acid groups (broad SMARTS) is 1. The lowest BCUT2D eigenvalue weighted by Gasteiger charge is -2.13. The van der Waals surface area contributed by atoms with Gasteiger partial charge in [0.05, 0.1) is 37.4 Å². The zero-order valence-corrected chi connectivity index (χ0v) is 17.4. The summed E-state index contributed by atoms with van der Waals surface area (Å²) in [5, 5.41) is 8.91. The van der Waals surface area contributed by atoms with E-state index in [0.717, 1.165) is 4.90 Å². The van der Waals surface area contributed by atoms with Gasteiger partial charge in [-0.2, -0.15) is 0 Å². The Morgan fingerprint density at radius 1 is 1.07 bits per heavy atom. The van der Waals surface area contributed by atoms with Crippen molar-refractivity contribution in [3.8, 4) is 28.7 Å². The lowest BCUT2D eigenvalue weighted by molar-refractivity contribution is -0.139. The molecule has 1 heterocycles. The van der Waals surface area contributed by atoms with Gasteiger partial charge in [0.15, 0.2) is 12.4 Å². The molecule has 158 valence electrons. The van der Waals surface area contributed by atoms with Crippen LogP contribution in [0.3, 0.4) is 0 Å². The van der Waals surface area contributed by atoms with Gasteiger partial charge in [0.2, 0.25) is 0 Å². The highest BCUT2D eigenvalue weighted by Crippen LogP contribution is 2.41. The lowest BCUT2D eigenvalue weighted by atomic mass is 10.1. The van der Waals surface area contributed by atoms with Gasteiger partial charge in [0.25, 0.3) is 0 Å². The Hall–Kier alpha value is -3.33. The first-order chi connectivity index (χ1) is 14.5. The number of hydrogen-bond acceptors (Lipinski definition) is 8. The lowest BCUT2D eigenvalue weighted by Crippen LogP contribution is -2.11. The van der Waals surface area contributed by atoms with Crippen molar-refractivity contribution in [1.29, 1.82) is 0 Å². The van der Waals surface area contributed by atoms with E-state index < -0.39 is 12.6 Å². The van der Waals surface area contributed by atoms with E-state index in [4.69, 9.17) is 28.8 Å². The fraction of sp³-hybridized carbons (Fsp3) is 0.238. The Morgan fingerprint density at radius 2 is 1.77 bits per heavy atom. The molecule has 0 unspecified atom stereocenters. The third-order valence-electron chi connectivity index (χ3n) is 4.25. The van der Waals surface area contributed by atoms with Crippen LogP contribution in [0.1, 0.15) is 15.9 Å². The molecule has 3 rings (SSSR count). The summed E-state index contributed by atoms with van der Waals surface area (Å²) in [6, 6.07) is 6.53. The van der Waals surface area contributed by atoms with Crippen LogP contribution in [0.15, 0.2) is 35.2 Å². The Labute approximate surface area is 177 Å². The maximum absolute atomic E-state index is 12.9. The van der Waals surface area contributed by atoms with Gasteiger partial charge in [-0.25, -0.2) is 4.79 Å². The highest BCUT2D eigenvalue weighted by Gasteiger charge is 2.21. The Balaban J connectivity index is 1.96. The molecule has 0 bridgehead atoms. The highest BCUT2D eigenvalue weighted by molar-refractivity contribution is 7.99. The standard InChI is InChI=1S/C21H20O8S/c1-25-12-6-16(26-2)13(17(7-12)27-3)4-5-15(22)14-8-20-19(29-11-30-20)9-18(14)28-10-21(23)24/h4-9H,10-11H2,1-3H3,(H,23,24). The maximum atomic E-state index is 12.9. The number of ether oxygens (including phenoxy) is 5. The zero-order valence-electron chi connectivity index (χ0n) is 16.6. The fourth-order valence-electron chi connectivity index (χ4n) is 2.82. The topological polar surface area (TPSA) is 101 Å². The van der Waals surface area contributed by atoms with Crippen molar-refractivity contribution in [3.63, 3.8) is 0 Å². The first kappa shape index (κ1) is 21.4. The number of methoxy groups -OCH3 is 3. The molecule has 0 aromatic heterocycles. The predicted molar refractivity (Wildman–Crippen MR) is 110 cm³/mol. The summed E-state index contributed by atoms with van der Waals surface area (Å²) in [6.07, 6.45) is 2.92. The summed E-state index contributed by atoms with van der Waals surface area (Å²) < 4.78 is 26.8.